The summed E-state index contributed by atoms with van der Waals surface area (Å²) < 4.78 is 18.3. The Kier molecular flexibility index (Phi) is 18.4. The van der Waals surface area contributed by atoms with Gasteiger partial charge in [-0.3, -0.25) is 19.2 Å². The predicted octanol–water partition coefficient (Wildman–Crippen LogP) is 10.1. The number of esters is 3. The van der Waals surface area contributed by atoms with Gasteiger partial charge in [0.1, 0.15) is 12.7 Å². The van der Waals surface area contributed by atoms with E-state index in [4.69, 9.17) is 14.2 Å². The van der Waals surface area contributed by atoms with Crippen molar-refractivity contribution < 1.29 is 43.6 Å². The van der Waals surface area contributed by atoms with E-state index in [9.17, 15) is 29.4 Å². The quantitative estimate of drug-likeness (QED) is 0.0360. The second-order valence-electron chi connectivity index (χ2n) is 18.5. The standard InChI is InChI=1S/C48H78O9/c1-7-9-11-13-15-16-17-18-19-20-22-24-26-28-42(52)56-45-35(4)47(54)39-29-34(3)43(53)38(39)30-37(32-55-41(51)27-25-23-21-14-12-10-8-2)31-40(47)44-46(6,33-49)48(44,45)57-36(5)50/h29,31,35,38-40,44-45,49,54H,7-28,30,32-33H2,1-6H3/t35-,38+,39-,40+,44-,45-,46-,47+,48-/m1/s1. The van der Waals surface area contributed by atoms with E-state index in [1.165, 1.54) is 90.4 Å². The zero-order chi connectivity index (χ0) is 41.6. The molecule has 0 spiro atoms. The van der Waals surface area contributed by atoms with Crippen LogP contribution < -0.4 is 0 Å². The molecule has 0 aliphatic heterocycles. The molecule has 0 bridgehead atoms. The smallest absolute Gasteiger partial charge is 0.306 e. The molecule has 4 aliphatic rings. The maximum absolute atomic E-state index is 13.7. The highest BCUT2D eigenvalue weighted by molar-refractivity contribution is 6.00. The number of ether oxygens (including phenoxy) is 3. The molecule has 9 heteroatoms. The topological polar surface area (TPSA) is 136 Å². The van der Waals surface area contributed by atoms with E-state index in [1.807, 2.05) is 26.0 Å². The van der Waals surface area contributed by atoms with E-state index in [1.54, 1.807) is 6.92 Å². The summed E-state index contributed by atoms with van der Waals surface area (Å²) in [4.78, 5) is 53.1. The van der Waals surface area contributed by atoms with Crippen molar-refractivity contribution in [1.82, 2.24) is 0 Å². The van der Waals surface area contributed by atoms with Gasteiger partial charge in [-0.2, -0.15) is 0 Å². The van der Waals surface area contributed by atoms with Crippen molar-refractivity contribution >= 4 is 23.7 Å². The first-order valence-electron chi connectivity index (χ1n) is 23.1. The van der Waals surface area contributed by atoms with Gasteiger partial charge in [0.15, 0.2) is 11.4 Å². The summed E-state index contributed by atoms with van der Waals surface area (Å²) in [6, 6.07) is 0. The summed E-state index contributed by atoms with van der Waals surface area (Å²) in [5.74, 6) is -4.58. The van der Waals surface area contributed by atoms with Crippen LogP contribution in [0.15, 0.2) is 23.3 Å². The number of rotatable bonds is 27. The third-order valence-electron chi connectivity index (χ3n) is 14.3. The third kappa shape index (κ3) is 11.0. The summed E-state index contributed by atoms with van der Waals surface area (Å²) in [7, 11) is 0. The van der Waals surface area contributed by atoms with Crippen molar-refractivity contribution in [3.05, 3.63) is 23.3 Å². The Labute approximate surface area is 344 Å². The van der Waals surface area contributed by atoms with E-state index >= 15 is 0 Å². The van der Waals surface area contributed by atoms with Crippen LogP contribution in [0.3, 0.4) is 0 Å². The van der Waals surface area contributed by atoms with Crippen LogP contribution in [0.5, 0.6) is 0 Å². The Bertz CT molecular complexity index is 1400. The van der Waals surface area contributed by atoms with Crippen LogP contribution >= 0.6 is 0 Å². The van der Waals surface area contributed by atoms with E-state index < -0.39 is 64.2 Å². The van der Waals surface area contributed by atoms with Crippen LogP contribution in [-0.2, 0) is 33.4 Å². The summed E-state index contributed by atoms with van der Waals surface area (Å²) in [6.45, 7) is 10.8. The number of carbonyl (C=O) groups excluding carboxylic acids is 4. The number of hydrogen-bond donors (Lipinski definition) is 2. The lowest BCUT2D eigenvalue weighted by Gasteiger charge is -2.52. The average Bonchev–Trinajstić information content (AvgIpc) is 3.63. The van der Waals surface area contributed by atoms with Gasteiger partial charge in [0, 0.05) is 54.8 Å². The third-order valence-corrected chi connectivity index (χ3v) is 14.3. The molecule has 0 saturated heterocycles. The maximum Gasteiger partial charge on any atom is 0.306 e. The molecule has 0 radical (unpaired) electrons. The zero-order valence-corrected chi connectivity index (χ0v) is 36.5. The number of aliphatic hydroxyl groups is 2. The number of hydrogen-bond acceptors (Lipinski definition) is 9. The lowest BCUT2D eigenvalue weighted by molar-refractivity contribution is -0.220. The molecule has 9 nitrogen and oxygen atoms in total. The molecule has 4 aliphatic carbocycles. The van der Waals surface area contributed by atoms with E-state index in [2.05, 4.69) is 13.8 Å². The molecule has 324 valence electrons. The Morgan fingerprint density at radius 2 is 1.25 bits per heavy atom. The van der Waals surface area contributed by atoms with Crippen molar-refractivity contribution in [3.63, 3.8) is 0 Å². The zero-order valence-electron chi connectivity index (χ0n) is 36.5. The van der Waals surface area contributed by atoms with Crippen molar-refractivity contribution in [2.75, 3.05) is 13.2 Å². The Morgan fingerprint density at radius 1 is 0.754 bits per heavy atom. The van der Waals surface area contributed by atoms with Crippen LogP contribution in [0, 0.1) is 35.0 Å². The second-order valence-corrected chi connectivity index (χ2v) is 18.5. The number of fused-ring (bicyclic) bond motifs is 5. The molecule has 0 aromatic rings. The van der Waals surface area contributed by atoms with Gasteiger partial charge in [0.05, 0.1) is 12.2 Å². The van der Waals surface area contributed by atoms with Gasteiger partial charge in [-0.1, -0.05) is 155 Å². The molecule has 4 rings (SSSR count). The molecule has 0 unspecified atom stereocenters. The minimum absolute atomic E-state index is 0.00743. The fourth-order valence-corrected chi connectivity index (χ4v) is 11.0. The van der Waals surface area contributed by atoms with Gasteiger partial charge in [-0.05, 0) is 37.3 Å². The molecular weight excluding hydrogens is 721 g/mol. The molecule has 57 heavy (non-hydrogen) atoms. The van der Waals surface area contributed by atoms with Crippen LogP contribution in [0.1, 0.15) is 189 Å². The highest BCUT2D eigenvalue weighted by Gasteiger charge is 2.88. The molecule has 0 heterocycles. The molecule has 0 amide bonds. The summed E-state index contributed by atoms with van der Waals surface area (Å²) in [5, 5.41) is 24.2. The lowest BCUT2D eigenvalue weighted by Crippen LogP contribution is -2.63. The first-order chi connectivity index (χ1) is 27.3. The molecular formula is C48H78O9. The van der Waals surface area contributed by atoms with Gasteiger partial charge >= 0.3 is 17.9 Å². The Morgan fingerprint density at radius 3 is 1.74 bits per heavy atom. The van der Waals surface area contributed by atoms with Crippen LogP contribution in [0.25, 0.3) is 0 Å². The van der Waals surface area contributed by atoms with Crippen LogP contribution in [0.4, 0.5) is 0 Å². The van der Waals surface area contributed by atoms with Gasteiger partial charge < -0.3 is 24.4 Å². The highest BCUT2D eigenvalue weighted by Crippen LogP contribution is 2.77. The number of unbranched alkanes of at least 4 members (excludes halogenated alkanes) is 18. The summed E-state index contributed by atoms with van der Waals surface area (Å²) in [5.41, 5.74) is -2.71. The fourth-order valence-electron chi connectivity index (χ4n) is 11.0. The van der Waals surface area contributed by atoms with Gasteiger partial charge in [0.2, 0.25) is 0 Å². The van der Waals surface area contributed by atoms with Crippen molar-refractivity contribution in [2.24, 2.45) is 35.0 Å². The fraction of sp³-hybridized carbons (Fsp3) is 0.833. The highest BCUT2D eigenvalue weighted by atomic mass is 16.6. The normalized spacial score (nSPS) is 31.3. The minimum Gasteiger partial charge on any atom is -0.461 e. The van der Waals surface area contributed by atoms with E-state index in [0.717, 1.165) is 44.1 Å². The summed E-state index contributed by atoms with van der Waals surface area (Å²) in [6.07, 6.45) is 26.7. The lowest BCUT2D eigenvalue weighted by atomic mass is 9.60. The van der Waals surface area contributed by atoms with Gasteiger partial charge in [-0.25, -0.2) is 0 Å². The van der Waals surface area contributed by atoms with Crippen molar-refractivity contribution in [1.29, 1.82) is 0 Å². The average molecular weight is 799 g/mol. The molecule has 2 N–H and O–H groups in total. The van der Waals surface area contributed by atoms with E-state index in [-0.39, 0.29) is 31.4 Å². The number of Topliss-reactive ketones (excluding diaryl/α,β-unsaturated/α-hetero) is 1. The predicted molar refractivity (Wildman–Crippen MR) is 223 cm³/mol. The van der Waals surface area contributed by atoms with Crippen molar-refractivity contribution in [2.45, 2.75) is 207 Å². The first-order valence-corrected chi connectivity index (χ1v) is 23.1. The van der Waals surface area contributed by atoms with E-state index in [0.29, 0.717) is 24.8 Å². The van der Waals surface area contributed by atoms with Crippen LogP contribution in [0.2, 0.25) is 0 Å². The Hall–Kier alpha value is -2.52. The second kappa shape index (κ2) is 22.2. The van der Waals surface area contributed by atoms with Crippen molar-refractivity contribution in [3.8, 4) is 0 Å². The Balaban J connectivity index is 1.45. The summed E-state index contributed by atoms with van der Waals surface area (Å²) >= 11 is 0. The number of aliphatic hydroxyl groups excluding tert-OH is 1. The minimum atomic E-state index is -1.58. The number of carbonyl (C=O) groups is 4. The SMILES string of the molecule is CCCCCCCCCCCCCCCC(=O)O[C@@H]1[C@@H](C)[C@]2(O)[C@@H]3C=C(C)C(=O)[C@H]3CC(COC(=O)CCCCCCCCC)=C[C@H]2[C@H]2[C@]1(OC(C)=O)[C@]2(C)CO. The molecule has 2 saturated carbocycles. The monoisotopic (exact) mass is 799 g/mol. The van der Waals surface area contributed by atoms with Gasteiger partial charge in [-0.15, -0.1) is 0 Å². The first kappa shape index (κ1) is 47.2. The number of allylic oxidation sites excluding steroid dienone is 1. The maximum atomic E-state index is 13.7. The molecule has 2 fully saturated rings. The molecule has 9 atom stereocenters. The molecule has 0 aromatic heterocycles. The van der Waals surface area contributed by atoms with Gasteiger partial charge in [0.25, 0.3) is 0 Å². The van der Waals surface area contributed by atoms with Crippen LogP contribution in [-0.4, -0.2) is 64.4 Å². The largest absolute Gasteiger partial charge is 0.461 e. The number of ketones is 1. The molecule has 0 aromatic carbocycles.